The van der Waals surface area contributed by atoms with Crippen molar-refractivity contribution in [2.45, 2.75) is 50.1 Å². The number of pyridine rings is 2. The molecule has 2 aliphatic rings. The molecule has 7 heteroatoms. The number of nitrogens with one attached hydrogen (secondary N) is 1. The number of unbranched alkanes of at least 4 members (excludes halogenated alkanes) is 1. The van der Waals surface area contributed by atoms with Crippen molar-refractivity contribution in [3.63, 3.8) is 0 Å². The maximum atomic E-state index is 15.9. The van der Waals surface area contributed by atoms with Gasteiger partial charge >= 0.3 is 5.97 Å². The Kier molecular flexibility index (Phi) is 6.46. The average Bonchev–Trinajstić information content (AvgIpc) is 2.83. The van der Waals surface area contributed by atoms with Gasteiger partial charge in [0.2, 0.25) is 0 Å². The van der Waals surface area contributed by atoms with Crippen LogP contribution in [0.5, 0.6) is 0 Å². The first-order chi connectivity index (χ1) is 16.5. The van der Waals surface area contributed by atoms with Gasteiger partial charge in [0.15, 0.2) is 0 Å². The number of anilines is 1. The molecule has 34 heavy (non-hydrogen) atoms. The van der Waals surface area contributed by atoms with Crippen LogP contribution in [0.15, 0.2) is 48.7 Å². The summed E-state index contributed by atoms with van der Waals surface area (Å²) in [5, 5.41) is 13.7. The highest BCUT2D eigenvalue weighted by Gasteiger charge is 2.50. The van der Waals surface area contributed by atoms with Gasteiger partial charge in [-0.3, -0.25) is 14.7 Å². The van der Waals surface area contributed by atoms with Gasteiger partial charge in [0, 0.05) is 42.8 Å². The third-order valence-electron chi connectivity index (χ3n) is 7.10. The number of fused-ring (bicyclic) bond motifs is 2. The predicted octanol–water partition coefficient (Wildman–Crippen LogP) is 4.59. The van der Waals surface area contributed by atoms with Gasteiger partial charge in [0.25, 0.3) is 0 Å². The lowest BCUT2D eigenvalue weighted by atomic mass is 9.76. The van der Waals surface area contributed by atoms with E-state index in [4.69, 9.17) is 4.98 Å². The third kappa shape index (κ3) is 4.89. The minimum Gasteiger partial charge on any atom is -0.481 e. The van der Waals surface area contributed by atoms with E-state index in [1.54, 1.807) is 6.20 Å². The van der Waals surface area contributed by atoms with Crippen LogP contribution in [0.25, 0.3) is 10.9 Å². The number of carboxylic acid groups (broad SMARTS) is 1. The van der Waals surface area contributed by atoms with Crippen molar-refractivity contribution in [3.05, 3.63) is 65.5 Å². The van der Waals surface area contributed by atoms with E-state index in [1.165, 1.54) is 5.56 Å². The largest absolute Gasteiger partial charge is 0.481 e. The van der Waals surface area contributed by atoms with E-state index in [2.05, 4.69) is 27.3 Å². The second-order valence-corrected chi connectivity index (χ2v) is 9.65. The molecule has 0 aliphatic carbocycles. The summed E-state index contributed by atoms with van der Waals surface area (Å²) in [6, 6.07) is 13.8. The van der Waals surface area contributed by atoms with E-state index < -0.39 is 17.6 Å². The zero-order valence-corrected chi connectivity index (χ0v) is 19.3. The third-order valence-corrected chi connectivity index (χ3v) is 7.10. The number of aliphatic carboxylic acids is 1. The number of carbonyl (C=O) groups is 1. The van der Waals surface area contributed by atoms with Crippen molar-refractivity contribution in [1.29, 1.82) is 0 Å². The summed E-state index contributed by atoms with van der Waals surface area (Å²) >= 11 is 0. The molecule has 2 aromatic heterocycles. The topological polar surface area (TPSA) is 78.3 Å². The molecule has 0 spiro atoms. The number of rotatable bonds is 9. The molecule has 0 amide bonds. The molecule has 4 heterocycles. The molecule has 3 aromatic rings. The predicted molar refractivity (Wildman–Crippen MR) is 131 cm³/mol. The van der Waals surface area contributed by atoms with Gasteiger partial charge in [-0.05, 0) is 68.0 Å². The van der Waals surface area contributed by atoms with Gasteiger partial charge < -0.3 is 10.4 Å². The summed E-state index contributed by atoms with van der Waals surface area (Å²) in [5.74, 6) is -0.660. The highest BCUT2D eigenvalue weighted by molar-refractivity contribution is 5.79. The minimum absolute atomic E-state index is 0.234. The highest BCUT2D eigenvalue weighted by Crippen LogP contribution is 2.42. The molecule has 6 nitrogen and oxygen atoms in total. The summed E-state index contributed by atoms with van der Waals surface area (Å²) < 4.78 is 15.9. The van der Waals surface area contributed by atoms with Crippen molar-refractivity contribution in [1.82, 2.24) is 14.9 Å². The SMILES string of the molecule is O=C(O)CC(c1cnc2ccccc2c1)C1(F)CN(CCCCc2ccc3c(n2)NCCC3)C1. The summed E-state index contributed by atoms with van der Waals surface area (Å²) in [6.07, 6.45) is 6.52. The molecule has 0 saturated carbocycles. The maximum absolute atomic E-state index is 15.9. The number of halogens is 1. The molecular formula is C27H31FN4O2. The lowest BCUT2D eigenvalue weighted by Gasteiger charge is -2.48. The Hall–Kier alpha value is -3.06. The number of alkyl halides is 1. The van der Waals surface area contributed by atoms with Gasteiger partial charge in [-0.25, -0.2) is 9.37 Å². The normalized spacial score (nSPS) is 18.0. The number of hydrogen-bond donors (Lipinski definition) is 2. The molecule has 178 valence electrons. The molecule has 1 atom stereocenters. The van der Waals surface area contributed by atoms with E-state index in [9.17, 15) is 9.90 Å². The van der Waals surface area contributed by atoms with Crippen molar-refractivity contribution in [3.8, 4) is 0 Å². The van der Waals surface area contributed by atoms with Crippen LogP contribution in [0.2, 0.25) is 0 Å². The molecule has 2 aliphatic heterocycles. The molecule has 1 aromatic carbocycles. The molecular weight excluding hydrogens is 431 g/mol. The number of aryl methyl sites for hydroxylation is 2. The Labute approximate surface area is 199 Å². The molecule has 2 N–H and O–H groups in total. The van der Waals surface area contributed by atoms with E-state index in [-0.39, 0.29) is 19.5 Å². The number of hydrogen-bond acceptors (Lipinski definition) is 5. The fourth-order valence-corrected chi connectivity index (χ4v) is 5.28. The van der Waals surface area contributed by atoms with E-state index >= 15 is 4.39 Å². The number of nitrogens with zero attached hydrogens (tertiary/aromatic N) is 3. The van der Waals surface area contributed by atoms with Crippen molar-refractivity contribution in [2.75, 3.05) is 31.5 Å². The van der Waals surface area contributed by atoms with Crippen LogP contribution in [0.4, 0.5) is 10.2 Å². The van der Waals surface area contributed by atoms with Gasteiger partial charge in [-0.1, -0.05) is 24.3 Å². The lowest BCUT2D eigenvalue weighted by molar-refractivity contribution is -0.140. The Morgan fingerprint density at radius 1 is 1.21 bits per heavy atom. The Morgan fingerprint density at radius 3 is 2.91 bits per heavy atom. The highest BCUT2D eigenvalue weighted by atomic mass is 19.1. The monoisotopic (exact) mass is 462 g/mol. The molecule has 1 fully saturated rings. The van der Waals surface area contributed by atoms with E-state index in [1.807, 2.05) is 30.3 Å². The summed E-state index contributed by atoms with van der Waals surface area (Å²) in [4.78, 5) is 22.8. The number of para-hydroxylation sites is 1. The van der Waals surface area contributed by atoms with E-state index in [0.717, 1.165) is 67.6 Å². The zero-order valence-electron chi connectivity index (χ0n) is 19.3. The Balaban J connectivity index is 1.15. The van der Waals surface area contributed by atoms with Crippen molar-refractivity contribution >= 4 is 22.7 Å². The van der Waals surface area contributed by atoms with Crippen LogP contribution in [0.1, 0.15) is 48.4 Å². The Bertz CT molecular complexity index is 1180. The molecule has 0 bridgehead atoms. The number of benzene rings is 1. The fraction of sp³-hybridized carbons (Fsp3) is 0.444. The minimum atomic E-state index is -1.55. The van der Waals surface area contributed by atoms with Gasteiger partial charge in [0.1, 0.15) is 11.5 Å². The van der Waals surface area contributed by atoms with Crippen molar-refractivity contribution < 1.29 is 14.3 Å². The first-order valence-electron chi connectivity index (χ1n) is 12.2. The second kappa shape index (κ2) is 9.66. The van der Waals surface area contributed by atoms with E-state index in [0.29, 0.717) is 5.56 Å². The van der Waals surface area contributed by atoms with Gasteiger partial charge in [-0.2, -0.15) is 0 Å². The molecule has 0 radical (unpaired) electrons. The zero-order chi connectivity index (χ0) is 23.5. The quantitative estimate of drug-likeness (QED) is 0.453. The molecule has 1 saturated heterocycles. The average molecular weight is 463 g/mol. The molecule has 5 rings (SSSR count). The Morgan fingerprint density at radius 2 is 2.06 bits per heavy atom. The summed E-state index contributed by atoms with van der Waals surface area (Å²) in [7, 11) is 0. The van der Waals surface area contributed by atoms with Gasteiger partial charge in [0.05, 0.1) is 11.9 Å². The summed E-state index contributed by atoms with van der Waals surface area (Å²) in [5.41, 5.74) is 2.34. The number of aromatic nitrogens is 2. The van der Waals surface area contributed by atoms with Crippen LogP contribution in [-0.4, -0.2) is 57.8 Å². The van der Waals surface area contributed by atoms with Crippen LogP contribution < -0.4 is 5.32 Å². The number of likely N-dealkylation sites (tertiary alicyclic amines) is 1. The van der Waals surface area contributed by atoms with Gasteiger partial charge in [-0.15, -0.1) is 0 Å². The fourth-order valence-electron chi connectivity index (χ4n) is 5.28. The van der Waals surface area contributed by atoms with Crippen LogP contribution >= 0.6 is 0 Å². The maximum Gasteiger partial charge on any atom is 0.304 e. The van der Waals surface area contributed by atoms with Crippen molar-refractivity contribution in [2.24, 2.45) is 0 Å². The van der Waals surface area contributed by atoms with Crippen LogP contribution in [0.3, 0.4) is 0 Å². The first kappa shape index (κ1) is 22.7. The number of carboxylic acids is 1. The smallest absolute Gasteiger partial charge is 0.304 e. The standard InChI is InChI=1S/C27H31FN4O2/c28-27(23(15-25(33)34)21-14-20-6-1-2-9-24(20)30-16-21)17-32(18-27)13-4-3-8-22-11-10-19-7-5-12-29-26(19)31-22/h1-2,6,9-11,14,16,23H,3-5,7-8,12-13,15,17-18H2,(H,29,31)(H,33,34). The second-order valence-electron chi connectivity index (χ2n) is 9.65. The lowest BCUT2D eigenvalue weighted by Crippen LogP contribution is -2.62. The van der Waals surface area contributed by atoms with Crippen LogP contribution in [0, 0.1) is 0 Å². The summed E-state index contributed by atoms with van der Waals surface area (Å²) in [6.45, 7) is 2.32. The van der Waals surface area contributed by atoms with Crippen LogP contribution in [-0.2, 0) is 17.6 Å². The first-order valence-corrected chi connectivity index (χ1v) is 12.2. The molecule has 1 unspecified atom stereocenters.